The Hall–Kier alpha value is -1.83. The van der Waals surface area contributed by atoms with E-state index in [1.165, 1.54) is 0 Å². The number of piperazine rings is 1. The summed E-state index contributed by atoms with van der Waals surface area (Å²) in [5.74, 6) is 0.797. The largest absolute Gasteiger partial charge is 0.491 e. The van der Waals surface area contributed by atoms with Crippen LogP contribution in [0.2, 0.25) is 0 Å². The van der Waals surface area contributed by atoms with Gasteiger partial charge in [0.15, 0.2) is 0 Å². The van der Waals surface area contributed by atoms with E-state index >= 15 is 0 Å². The van der Waals surface area contributed by atoms with Crippen molar-refractivity contribution in [3.63, 3.8) is 0 Å². The summed E-state index contributed by atoms with van der Waals surface area (Å²) in [6.07, 6.45) is 2.38. The van der Waals surface area contributed by atoms with E-state index in [4.69, 9.17) is 14.2 Å². The summed E-state index contributed by atoms with van der Waals surface area (Å²) in [7, 11) is 1.71. The second-order valence-corrected chi connectivity index (χ2v) is 6.72. The summed E-state index contributed by atoms with van der Waals surface area (Å²) in [6.45, 7) is 6.29. The highest BCUT2D eigenvalue weighted by Crippen LogP contribution is 2.19. The summed E-state index contributed by atoms with van der Waals surface area (Å²) in [4.78, 5) is 16.6. The van der Waals surface area contributed by atoms with Crippen LogP contribution >= 0.6 is 0 Å². The van der Waals surface area contributed by atoms with Crippen molar-refractivity contribution in [3.8, 4) is 5.75 Å². The van der Waals surface area contributed by atoms with Crippen LogP contribution in [0.25, 0.3) is 0 Å². The molecule has 2 aliphatic rings. The van der Waals surface area contributed by atoms with E-state index < -0.39 is 0 Å². The molecule has 3 rings (SSSR count). The zero-order chi connectivity index (χ0) is 18.2. The molecule has 0 radical (unpaired) electrons. The molecule has 0 aliphatic carbocycles. The fourth-order valence-electron chi connectivity index (χ4n) is 3.20. The lowest BCUT2D eigenvalue weighted by Crippen LogP contribution is -2.50. The van der Waals surface area contributed by atoms with Crippen molar-refractivity contribution in [2.45, 2.75) is 18.9 Å². The van der Waals surface area contributed by atoms with Gasteiger partial charge in [0.2, 0.25) is 0 Å². The minimum Gasteiger partial charge on any atom is -0.491 e. The first-order chi connectivity index (χ1) is 12.7. The first kappa shape index (κ1) is 18.9. The molecule has 2 fully saturated rings. The highest BCUT2D eigenvalue weighted by atomic mass is 16.5. The number of urea groups is 1. The molecule has 7 heteroatoms. The number of anilines is 1. The number of nitrogens with one attached hydrogen (secondary N) is 1. The average Bonchev–Trinajstić information content (AvgIpc) is 3.20. The van der Waals surface area contributed by atoms with Crippen LogP contribution in [0.5, 0.6) is 5.75 Å². The Morgan fingerprint density at radius 1 is 1.23 bits per heavy atom. The van der Waals surface area contributed by atoms with E-state index in [-0.39, 0.29) is 12.1 Å². The Balaban J connectivity index is 1.40. The molecule has 1 N–H and O–H groups in total. The quantitative estimate of drug-likeness (QED) is 0.803. The van der Waals surface area contributed by atoms with Crippen molar-refractivity contribution >= 4 is 11.7 Å². The summed E-state index contributed by atoms with van der Waals surface area (Å²) in [5, 5.41) is 2.96. The topological polar surface area (TPSA) is 63.3 Å². The Kier molecular flexibility index (Phi) is 7.11. The third-order valence-electron chi connectivity index (χ3n) is 4.84. The lowest BCUT2D eigenvalue weighted by atomic mass is 10.2. The van der Waals surface area contributed by atoms with Crippen molar-refractivity contribution in [1.29, 1.82) is 0 Å². The van der Waals surface area contributed by atoms with Crippen molar-refractivity contribution < 1.29 is 19.0 Å². The Labute approximate surface area is 155 Å². The zero-order valence-corrected chi connectivity index (χ0v) is 15.5. The van der Waals surface area contributed by atoms with Crippen LogP contribution in [-0.4, -0.2) is 81.6 Å². The number of hydrogen-bond donors (Lipinski definition) is 1. The van der Waals surface area contributed by atoms with Gasteiger partial charge in [-0.2, -0.15) is 0 Å². The number of benzene rings is 1. The van der Waals surface area contributed by atoms with Crippen LogP contribution in [0.4, 0.5) is 10.5 Å². The number of ether oxygens (including phenoxy) is 3. The van der Waals surface area contributed by atoms with Crippen LogP contribution in [0.15, 0.2) is 24.3 Å². The molecular weight excluding hydrogens is 334 g/mol. The number of methoxy groups -OCH3 is 1. The maximum atomic E-state index is 12.4. The molecule has 2 heterocycles. The molecular formula is C19H29N3O4. The fourth-order valence-corrected chi connectivity index (χ4v) is 3.20. The monoisotopic (exact) mass is 363 g/mol. The van der Waals surface area contributed by atoms with Crippen molar-refractivity contribution in [2.24, 2.45) is 0 Å². The molecule has 1 aromatic rings. The lowest BCUT2D eigenvalue weighted by molar-refractivity contribution is 0.0679. The summed E-state index contributed by atoms with van der Waals surface area (Å²) in [5.41, 5.74) is 0.779. The zero-order valence-electron chi connectivity index (χ0n) is 15.5. The molecule has 0 aromatic heterocycles. The fraction of sp³-hybridized carbons (Fsp3) is 0.632. The molecule has 2 aliphatic heterocycles. The van der Waals surface area contributed by atoms with Gasteiger partial charge in [-0.25, -0.2) is 4.79 Å². The average molecular weight is 363 g/mol. The molecule has 144 valence electrons. The minimum absolute atomic E-state index is 0.0515. The molecule has 26 heavy (non-hydrogen) atoms. The third kappa shape index (κ3) is 5.59. The molecule has 0 bridgehead atoms. The van der Waals surface area contributed by atoms with E-state index in [9.17, 15) is 4.79 Å². The van der Waals surface area contributed by atoms with Crippen LogP contribution < -0.4 is 10.1 Å². The molecule has 2 saturated heterocycles. The van der Waals surface area contributed by atoms with Crippen LogP contribution in [0.1, 0.15) is 12.8 Å². The van der Waals surface area contributed by atoms with E-state index in [2.05, 4.69) is 10.2 Å². The maximum Gasteiger partial charge on any atom is 0.321 e. The maximum absolute atomic E-state index is 12.4. The second kappa shape index (κ2) is 9.75. The van der Waals surface area contributed by atoms with E-state index in [1.807, 2.05) is 29.2 Å². The van der Waals surface area contributed by atoms with Gasteiger partial charge in [-0.15, -0.1) is 0 Å². The number of carbonyl (C=O) groups excluding carboxylic acids is 1. The number of hydrogen-bond acceptors (Lipinski definition) is 5. The number of carbonyl (C=O) groups is 1. The predicted molar refractivity (Wildman–Crippen MR) is 99.8 cm³/mol. The van der Waals surface area contributed by atoms with Gasteiger partial charge in [0, 0.05) is 52.1 Å². The SMILES string of the molecule is COCCN1CCN(C(=O)Nc2ccc(OC[C@@H]3CCCO3)cc2)CC1. The van der Waals surface area contributed by atoms with Gasteiger partial charge in [-0.1, -0.05) is 0 Å². The van der Waals surface area contributed by atoms with Crippen molar-refractivity contribution in [1.82, 2.24) is 9.80 Å². The van der Waals surface area contributed by atoms with E-state index in [0.717, 1.165) is 70.2 Å². The number of rotatable bonds is 7. The van der Waals surface area contributed by atoms with Gasteiger partial charge >= 0.3 is 6.03 Å². The van der Waals surface area contributed by atoms with Crippen LogP contribution in [0, 0.1) is 0 Å². The molecule has 7 nitrogen and oxygen atoms in total. The highest BCUT2D eigenvalue weighted by Gasteiger charge is 2.21. The summed E-state index contributed by atoms with van der Waals surface area (Å²) in [6, 6.07) is 7.46. The molecule has 1 aromatic carbocycles. The van der Waals surface area contributed by atoms with Crippen molar-refractivity contribution in [3.05, 3.63) is 24.3 Å². The first-order valence-corrected chi connectivity index (χ1v) is 9.36. The molecule has 0 unspecified atom stereocenters. The van der Waals surface area contributed by atoms with E-state index in [0.29, 0.717) is 6.61 Å². The number of nitrogens with zero attached hydrogens (tertiary/aromatic N) is 2. The smallest absolute Gasteiger partial charge is 0.321 e. The lowest BCUT2D eigenvalue weighted by Gasteiger charge is -2.34. The highest BCUT2D eigenvalue weighted by molar-refractivity contribution is 5.89. The Morgan fingerprint density at radius 3 is 2.65 bits per heavy atom. The van der Waals surface area contributed by atoms with Crippen LogP contribution in [-0.2, 0) is 9.47 Å². The molecule has 2 amide bonds. The van der Waals surface area contributed by atoms with Gasteiger partial charge in [0.25, 0.3) is 0 Å². The van der Waals surface area contributed by atoms with Gasteiger partial charge in [0.1, 0.15) is 12.4 Å². The molecule has 0 saturated carbocycles. The predicted octanol–water partition coefficient (Wildman–Crippen LogP) is 2.04. The molecule has 1 atom stereocenters. The first-order valence-electron chi connectivity index (χ1n) is 9.36. The van der Waals surface area contributed by atoms with Gasteiger partial charge in [-0.3, -0.25) is 4.90 Å². The Bertz CT molecular complexity index is 552. The van der Waals surface area contributed by atoms with E-state index in [1.54, 1.807) is 7.11 Å². The summed E-state index contributed by atoms with van der Waals surface area (Å²) < 4.78 is 16.4. The summed E-state index contributed by atoms with van der Waals surface area (Å²) >= 11 is 0. The Morgan fingerprint density at radius 2 is 2.00 bits per heavy atom. The van der Waals surface area contributed by atoms with Gasteiger partial charge in [-0.05, 0) is 37.1 Å². The van der Waals surface area contributed by atoms with Gasteiger partial charge < -0.3 is 24.4 Å². The number of amides is 2. The standard InChI is InChI=1S/C19H29N3O4/c1-24-14-12-21-8-10-22(11-9-21)19(23)20-16-4-6-17(7-5-16)26-15-18-3-2-13-25-18/h4-7,18H,2-3,8-15H2,1H3,(H,20,23)/t18-/m0/s1. The van der Waals surface area contributed by atoms with Gasteiger partial charge in [0.05, 0.1) is 12.7 Å². The second-order valence-electron chi connectivity index (χ2n) is 6.72. The third-order valence-corrected chi connectivity index (χ3v) is 4.84. The minimum atomic E-state index is -0.0515. The van der Waals surface area contributed by atoms with Crippen molar-refractivity contribution in [2.75, 3.05) is 65.0 Å². The molecule has 0 spiro atoms. The normalized spacial score (nSPS) is 21.0. The van der Waals surface area contributed by atoms with Crippen LogP contribution in [0.3, 0.4) is 0 Å².